The molecule has 6 heteroatoms. The van der Waals surface area contributed by atoms with Gasteiger partial charge in [0, 0.05) is 0 Å². The van der Waals surface area contributed by atoms with Crippen LogP contribution in [0.5, 0.6) is 0 Å². The summed E-state index contributed by atoms with van der Waals surface area (Å²) in [6.07, 6.45) is 0. The number of carbonyl (C=O) groups excluding carboxylic acids is 1. The summed E-state index contributed by atoms with van der Waals surface area (Å²) in [5, 5.41) is 17.8. The van der Waals surface area contributed by atoms with Crippen LogP contribution in [0.2, 0.25) is 0 Å². The van der Waals surface area contributed by atoms with E-state index in [-0.39, 0.29) is 11.7 Å². The minimum absolute atomic E-state index is 0.108. The minimum Gasteiger partial charge on any atom is -0.322 e. The van der Waals surface area contributed by atoms with E-state index >= 15 is 0 Å². The molecular weight excluding hydrogens is 212 g/mol. The Labute approximate surface area is 92.2 Å². The lowest BCUT2D eigenvalue weighted by molar-refractivity contribution is -0.113. The molecule has 1 amide bonds. The highest BCUT2D eigenvalue weighted by Gasteiger charge is 2.09. The highest BCUT2D eigenvalue weighted by atomic mass is 32.2. The van der Waals surface area contributed by atoms with E-state index in [1.165, 1.54) is 11.8 Å². The maximum atomic E-state index is 11.4. The largest absolute Gasteiger partial charge is 0.322 e. The highest BCUT2D eigenvalue weighted by molar-refractivity contribution is 8.00. The van der Waals surface area contributed by atoms with E-state index in [0.29, 0.717) is 5.75 Å². The third kappa shape index (κ3) is 3.29. The van der Waals surface area contributed by atoms with Gasteiger partial charge in [0.05, 0.1) is 34.7 Å². The third-order valence-corrected chi connectivity index (χ3v) is 2.59. The van der Waals surface area contributed by atoms with Crippen LogP contribution >= 0.6 is 11.8 Å². The number of nitrogens with one attached hydrogen (secondary N) is 2. The molecule has 2 N–H and O–H groups in total. The molecule has 15 heavy (non-hydrogen) atoms. The number of aromatic nitrogens is 2. The smallest absolute Gasteiger partial charge is 0.234 e. The summed E-state index contributed by atoms with van der Waals surface area (Å²) in [5.74, 6) is 0.511. The van der Waals surface area contributed by atoms with Crippen molar-refractivity contribution in [1.29, 1.82) is 5.26 Å². The number of H-pyrrole nitrogens is 1. The van der Waals surface area contributed by atoms with E-state index in [1.54, 1.807) is 0 Å². The topological polar surface area (TPSA) is 81.6 Å². The predicted octanol–water partition coefficient (Wildman–Crippen LogP) is 1.22. The molecule has 0 aromatic carbocycles. The van der Waals surface area contributed by atoms with Gasteiger partial charge in [-0.15, -0.1) is 11.8 Å². The molecule has 1 rings (SSSR count). The van der Waals surface area contributed by atoms with Gasteiger partial charge in [-0.3, -0.25) is 9.89 Å². The van der Waals surface area contributed by atoms with Crippen LogP contribution in [0.3, 0.4) is 0 Å². The molecule has 0 aliphatic rings. The molecule has 0 atom stereocenters. The number of nitrogens with zero attached hydrogens (tertiary/aromatic N) is 2. The van der Waals surface area contributed by atoms with Crippen LogP contribution < -0.4 is 5.32 Å². The molecule has 0 saturated heterocycles. The summed E-state index contributed by atoms with van der Waals surface area (Å²) in [6, 6.07) is 1.97. The fraction of sp³-hybridized carbons (Fsp3) is 0.444. The lowest BCUT2D eigenvalue weighted by Crippen LogP contribution is -2.15. The summed E-state index contributed by atoms with van der Waals surface area (Å²) < 4.78 is 0. The normalized spacial score (nSPS) is 9.67. The first kappa shape index (κ1) is 11.6. The van der Waals surface area contributed by atoms with Gasteiger partial charge in [0.1, 0.15) is 0 Å². The van der Waals surface area contributed by atoms with Gasteiger partial charge in [0.25, 0.3) is 0 Å². The van der Waals surface area contributed by atoms with Crippen LogP contribution in [0.4, 0.5) is 5.69 Å². The lowest BCUT2D eigenvalue weighted by atomic mass is 10.3. The van der Waals surface area contributed by atoms with Gasteiger partial charge in [-0.05, 0) is 13.8 Å². The fourth-order valence-corrected chi connectivity index (χ4v) is 1.55. The van der Waals surface area contributed by atoms with Crippen LogP contribution in [0.1, 0.15) is 11.4 Å². The summed E-state index contributed by atoms with van der Waals surface area (Å²) in [5.41, 5.74) is 2.34. The first-order chi connectivity index (χ1) is 7.15. The second-order valence-electron chi connectivity index (χ2n) is 3.01. The minimum atomic E-state index is -0.108. The SMILES string of the molecule is Cc1n[nH]c(C)c1NC(=O)CSCC#N. The van der Waals surface area contributed by atoms with Gasteiger partial charge in [-0.2, -0.15) is 10.4 Å². The standard InChI is InChI=1S/C9H12N4OS/c1-6-9(7(2)13-12-6)11-8(14)5-15-4-3-10/h4-5H2,1-2H3,(H,11,14)(H,12,13). The van der Waals surface area contributed by atoms with E-state index in [0.717, 1.165) is 17.1 Å². The number of thioether (sulfide) groups is 1. The second kappa shape index (κ2) is 5.41. The van der Waals surface area contributed by atoms with Gasteiger partial charge in [-0.25, -0.2) is 0 Å². The monoisotopic (exact) mass is 224 g/mol. The molecular formula is C9H12N4OS. The van der Waals surface area contributed by atoms with Crippen molar-refractivity contribution in [1.82, 2.24) is 10.2 Å². The van der Waals surface area contributed by atoms with E-state index in [1.807, 2.05) is 19.9 Å². The van der Waals surface area contributed by atoms with Crippen molar-refractivity contribution < 1.29 is 4.79 Å². The van der Waals surface area contributed by atoms with E-state index in [9.17, 15) is 4.79 Å². The maximum Gasteiger partial charge on any atom is 0.234 e. The zero-order valence-electron chi connectivity index (χ0n) is 8.63. The summed E-state index contributed by atoms with van der Waals surface area (Å²) in [4.78, 5) is 11.4. The molecule has 0 fully saturated rings. The number of aryl methyl sites for hydroxylation is 2. The van der Waals surface area contributed by atoms with Crippen LogP contribution in [0, 0.1) is 25.2 Å². The van der Waals surface area contributed by atoms with Gasteiger partial charge in [0.2, 0.25) is 5.91 Å². The van der Waals surface area contributed by atoms with E-state index < -0.39 is 0 Å². The Morgan fingerprint density at radius 2 is 2.40 bits per heavy atom. The Bertz CT molecular complexity index is 374. The molecule has 0 saturated carbocycles. The Hall–Kier alpha value is -1.48. The van der Waals surface area contributed by atoms with Crippen LogP contribution in [-0.2, 0) is 4.79 Å². The molecule has 0 spiro atoms. The van der Waals surface area contributed by atoms with Crippen molar-refractivity contribution in [3.8, 4) is 6.07 Å². The Balaban J connectivity index is 2.48. The van der Waals surface area contributed by atoms with Crippen LogP contribution in [0.15, 0.2) is 0 Å². The molecule has 0 aliphatic carbocycles. The molecule has 5 nitrogen and oxygen atoms in total. The third-order valence-electron chi connectivity index (χ3n) is 1.79. The number of aromatic amines is 1. The van der Waals surface area contributed by atoms with Gasteiger partial charge in [-0.1, -0.05) is 0 Å². The van der Waals surface area contributed by atoms with Crippen LogP contribution in [-0.4, -0.2) is 27.6 Å². The molecule has 80 valence electrons. The van der Waals surface area contributed by atoms with Gasteiger partial charge < -0.3 is 5.32 Å². The number of amides is 1. The Morgan fingerprint density at radius 1 is 1.67 bits per heavy atom. The molecule has 0 aliphatic heterocycles. The van der Waals surface area contributed by atoms with Crippen molar-refractivity contribution in [3.63, 3.8) is 0 Å². The first-order valence-corrected chi connectivity index (χ1v) is 5.56. The van der Waals surface area contributed by atoms with Gasteiger partial charge in [0.15, 0.2) is 0 Å². The maximum absolute atomic E-state index is 11.4. The summed E-state index contributed by atoms with van der Waals surface area (Å²) in [6.45, 7) is 3.67. The predicted molar refractivity (Wildman–Crippen MR) is 59.6 cm³/mol. The quantitative estimate of drug-likeness (QED) is 0.753. The zero-order chi connectivity index (χ0) is 11.3. The number of nitriles is 1. The first-order valence-electron chi connectivity index (χ1n) is 4.41. The summed E-state index contributed by atoms with van der Waals surface area (Å²) in [7, 11) is 0. The van der Waals surface area contributed by atoms with Crippen molar-refractivity contribution in [2.75, 3.05) is 16.8 Å². The number of hydrogen-bond donors (Lipinski definition) is 2. The molecule has 0 bridgehead atoms. The number of anilines is 1. The average Bonchev–Trinajstić information content (AvgIpc) is 2.50. The molecule has 0 unspecified atom stereocenters. The van der Waals surface area contributed by atoms with Crippen molar-refractivity contribution in [2.24, 2.45) is 0 Å². The lowest BCUT2D eigenvalue weighted by Gasteiger charge is -2.03. The number of rotatable bonds is 4. The fourth-order valence-electron chi connectivity index (χ4n) is 1.10. The van der Waals surface area contributed by atoms with Crippen molar-refractivity contribution >= 4 is 23.4 Å². The van der Waals surface area contributed by atoms with Gasteiger partial charge >= 0.3 is 0 Å². The van der Waals surface area contributed by atoms with E-state index in [4.69, 9.17) is 5.26 Å². The average molecular weight is 224 g/mol. The number of hydrogen-bond acceptors (Lipinski definition) is 4. The Morgan fingerprint density at radius 3 is 2.93 bits per heavy atom. The number of carbonyl (C=O) groups is 1. The second-order valence-corrected chi connectivity index (χ2v) is 3.99. The van der Waals surface area contributed by atoms with Crippen molar-refractivity contribution in [2.45, 2.75) is 13.8 Å². The molecule has 1 heterocycles. The van der Waals surface area contributed by atoms with Crippen molar-refractivity contribution in [3.05, 3.63) is 11.4 Å². The van der Waals surface area contributed by atoms with E-state index in [2.05, 4.69) is 15.5 Å². The highest BCUT2D eigenvalue weighted by Crippen LogP contribution is 2.16. The zero-order valence-corrected chi connectivity index (χ0v) is 9.44. The molecule has 1 aromatic rings. The van der Waals surface area contributed by atoms with Crippen LogP contribution in [0.25, 0.3) is 0 Å². The summed E-state index contributed by atoms with van der Waals surface area (Å²) >= 11 is 1.29. The molecule has 0 radical (unpaired) electrons. The Kier molecular flexibility index (Phi) is 4.18. The molecule has 1 aromatic heterocycles.